The van der Waals surface area contributed by atoms with Crippen molar-refractivity contribution in [2.24, 2.45) is 0 Å². The van der Waals surface area contributed by atoms with Crippen molar-refractivity contribution >= 4 is 17.5 Å². The molecule has 1 fully saturated rings. The summed E-state index contributed by atoms with van der Waals surface area (Å²) in [5.41, 5.74) is 1.31. The number of ether oxygens (including phenoxy) is 1. The van der Waals surface area contributed by atoms with Gasteiger partial charge in [-0.2, -0.15) is 18.3 Å². The summed E-state index contributed by atoms with van der Waals surface area (Å²) in [6, 6.07) is 14.2. The average Bonchev–Trinajstić information content (AvgIpc) is 3.35. The molecular formula is C26H26F3N5O3. The summed E-state index contributed by atoms with van der Waals surface area (Å²) in [5, 5.41) is 4.38. The van der Waals surface area contributed by atoms with Crippen LogP contribution in [-0.4, -0.2) is 71.2 Å². The van der Waals surface area contributed by atoms with E-state index in [1.165, 1.54) is 12.1 Å². The summed E-state index contributed by atoms with van der Waals surface area (Å²) in [6.45, 7) is 2.87. The van der Waals surface area contributed by atoms with E-state index in [0.717, 1.165) is 23.4 Å². The lowest BCUT2D eigenvalue weighted by Crippen LogP contribution is -2.49. The van der Waals surface area contributed by atoms with Gasteiger partial charge in [0.15, 0.2) is 5.69 Å². The lowest BCUT2D eigenvalue weighted by Gasteiger charge is -2.36. The van der Waals surface area contributed by atoms with Crippen LogP contribution in [0.1, 0.15) is 32.1 Å². The SMILES string of the molecule is COc1ccc(CN2CCn3nc(C(=O)N4CCN(c5cccc(C(F)(F)F)c5)CC4)cc3C2=O)cc1. The number of nitrogens with zero attached hydrogens (tertiary/aromatic N) is 5. The third-order valence-electron chi connectivity index (χ3n) is 6.73. The van der Waals surface area contributed by atoms with E-state index in [4.69, 9.17) is 4.74 Å². The van der Waals surface area contributed by atoms with Gasteiger partial charge in [0.25, 0.3) is 11.8 Å². The second kappa shape index (κ2) is 9.79. The largest absolute Gasteiger partial charge is 0.497 e. The Hall–Kier alpha value is -4.02. The number of rotatable bonds is 5. The van der Waals surface area contributed by atoms with Gasteiger partial charge in [0.2, 0.25) is 0 Å². The molecule has 0 radical (unpaired) electrons. The Kier molecular flexibility index (Phi) is 6.53. The number of aromatic nitrogens is 2. The van der Waals surface area contributed by atoms with Crippen molar-refractivity contribution in [2.45, 2.75) is 19.3 Å². The van der Waals surface area contributed by atoms with E-state index in [9.17, 15) is 22.8 Å². The zero-order valence-electron chi connectivity index (χ0n) is 20.2. The second-order valence-corrected chi connectivity index (χ2v) is 9.04. The van der Waals surface area contributed by atoms with Gasteiger partial charge in [0.1, 0.15) is 11.4 Å². The molecule has 0 spiro atoms. The van der Waals surface area contributed by atoms with Gasteiger partial charge >= 0.3 is 6.18 Å². The number of halogens is 3. The number of hydrogen-bond donors (Lipinski definition) is 0. The van der Waals surface area contributed by atoms with Crippen molar-refractivity contribution in [3.63, 3.8) is 0 Å². The fraction of sp³-hybridized carbons (Fsp3) is 0.346. The van der Waals surface area contributed by atoms with Crippen LogP contribution in [-0.2, 0) is 19.3 Å². The van der Waals surface area contributed by atoms with Crippen LogP contribution in [0.2, 0.25) is 0 Å². The van der Waals surface area contributed by atoms with E-state index < -0.39 is 11.7 Å². The molecular weight excluding hydrogens is 487 g/mol. The zero-order chi connectivity index (χ0) is 26.2. The Morgan fingerprint density at radius 3 is 2.38 bits per heavy atom. The number of benzene rings is 2. The normalized spacial score (nSPS) is 16.1. The monoisotopic (exact) mass is 513 g/mol. The van der Waals surface area contributed by atoms with Crippen LogP contribution in [0.15, 0.2) is 54.6 Å². The Morgan fingerprint density at radius 1 is 0.973 bits per heavy atom. The van der Waals surface area contributed by atoms with Crippen LogP contribution in [0, 0.1) is 0 Å². The number of carbonyl (C=O) groups excluding carboxylic acids is 2. The molecule has 37 heavy (non-hydrogen) atoms. The number of anilines is 1. The first-order chi connectivity index (χ1) is 17.7. The third-order valence-corrected chi connectivity index (χ3v) is 6.73. The number of alkyl halides is 3. The molecule has 2 amide bonds. The van der Waals surface area contributed by atoms with Crippen molar-refractivity contribution < 1.29 is 27.5 Å². The van der Waals surface area contributed by atoms with E-state index in [1.807, 2.05) is 29.2 Å². The highest BCUT2D eigenvalue weighted by Gasteiger charge is 2.32. The summed E-state index contributed by atoms with van der Waals surface area (Å²) in [7, 11) is 1.60. The molecule has 0 unspecified atom stereocenters. The molecule has 0 N–H and O–H groups in total. The van der Waals surface area contributed by atoms with E-state index >= 15 is 0 Å². The maximum absolute atomic E-state index is 13.1. The molecule has 194 valence electrons. The lowest BCUT2D eigenvalue weighted by atomic mass is 10.1. The fourth-order valence-corrected chi connectivity index (χ4v) is 4.65. The van der Waals surface area contributed by atoms with Gasteiger partial charge in [-0.05, 0) is 35.9 Å². The Labute approximate surface area is 211 Å². The topological polar surface area (TPSA) is 70.9 Å². The van der Waals surface area contributed by atoms with Crippen molar-refractivity contribution in [2.75, 3.05) is 44.7 Å². The van der Waals surface area contributed by atoms with Gasteiger partial charge in [0.05, 0.1) is 19.2 Å². The molecule has 2 aliphatic rings. The van der Waals surface area contributed by atoms with E-state index in [1.54, 1.807) is 27.7 Å². The molecule has 0 atom stereocenters. The van der Waals surface area contributed by atoms with Gasteiger partial charge in [-0.3, -0.25) is 14.3 Å². The van der Waals surface area contributed by atoms with E-state index in [-0.39, 0.29) is 17.5 Å². The highest BCUT2D eigenvalue weighted by molar-refractivity contribution is 5.98. The number of methoxy groups -OCH3 is 1. The molecule has 11 heteroatoms. The average molecular weight is 514 g/mol. The zero-order valence-corrected chi connectivity index (χ0v) is 20.2. The van der Waals surface area contributed by atoms with Gasteiger partial charge in [-0.25, -0.2) is 0 Å². The van der Waals surface area contributed by atoms with Crippen molar-refractivity contribution in [1.29, 1.82) is 0 Å². The first-order valence-corrected chi connectivity index (χ1v) is 11.9. The predicted octanol–water partition coefficient (Wildman–Crippen LogP) is 3.53. The molecule has 2 aliphatic heterocycles. The van der Waals surface area contributed by atoms with E-state index in [2.05, 4.69) is 5.10 Å². The van der Waals surface area contributed by atoms with Gasteiger partial charge < -0.3 is 19.4 Å². The van der Waals surface area contributed by atoms with Crippen molar-refractivity contribution in [1.82, 2.24) is 19.6 Å². The van der Waals surface area contributed by atoms with Crippen molar-refractivity contribution in [3.05, 3.63) is 77.1 Å². The van der Waals surface area contributed by atoms with Gasteiger partial charge in [-0.15, -0.1) is 0 Å². The molecule has 3 aromatic rings. The first-order valence-electron chi connectivity index (χ1n) is 11.9. The van der Waals surface area contributed by atoms with Crippen LogP contribution in [0.25, 0.3) is 0 Å². The second-order valence-electron chi connectivity index (χ2n) is 9.04. The molecule has 5 rings (SSSR count). The summed E-state index contributed by atoms with van der Waals surface area (Å²) >= 11 is 0. The maximum atomic E-state index is 13.1. The van der Waals surface area contributed by atoms with Crippen LogP contribution < -0.4 is 9.64 Å². The molecule has 0 bridgehead atoms. The molecule has 8 nitrogen and oxygen atoms in total. The summed E-state index contributed by atoms with van der Waals surface area (Å²) in [4.78, 5) is 31.4. The Morgan fingerprint density at radius 2 is 1.70 bits per heavy atom. The van der Waals surface area contributed by atoms with Crippen LogP contribution in [0.5, 0.6) is 5.75 Å². The number of amides is 2. The van der Waals surface area contributed by atoms with Crippen molar-refractivity contribution in [3.8, 4) is 5.75 Å². The quantitative estimate of drug-likeness (QED) is 0.522. The lowest BCUT2D eigenvalue weighted by molar-refractivity contribution is -0.137. The minimum Gasteiger partial charge on any atom is -0.497 e. The maximum Gasteiger partial charge on any atom is 0.416 e. The fourth-order valence-electron chi connectivity index (χ4n) is 4.65. The smallest absolute Gasteiger partial charge is 0.416 e. The minimum absolute atomic E-state index is 0.192. The third kappa shape index (κ3) is 5.11. The number of fused-ring (bicyclic) bond motifs is 1. The Bertz CT molecular complexity index is 1300. The number of piperazine rings is 1. The molecule has 2 aromatic carbocycles. The molecule has 1 aromatic heterocycles. The standard InChI is InChI=1S/C26H26F3N5O3/c1-37-21-7-5-18(6-8-21)17-33-13-14-34-23(25(33)36)16-22(30-34)24(35)32-11-9-31(10-12-32)20-4-2-3-19(15-20)26(27,28)29/h2-8,15-16H,9-14,17H2,1H3. The number of hydrogen-bond acceptors (Lipinski definition) is 5. The predicted molar refractivity (Wildman–Crippen MR) is 130 cm³/mol. The number of carbonyl (C=O) groups is 2. The molecule has 0 aliphatic carbocycles. The minimum atomic E-state index is -4.41. The van der Waals surface area contributed by atoms with Crippen LogP contribution >= 0.6 is 0 Å². The van der Waals surface area contributed by atoms with E-state index in [0.29, 0.717) is 57.2 Å². The van der Waals surface area contributed by atoms with Gasteiger partial charge in [0, 0.05) is 51.0 Å². The summed E-state index contributed by atoms with van der Waals surface area (Å²) in [6.07, 6.45) is -4.41. The molecule has 3 heterocycles. The Balaban J connectivity index is 1.22. The van der Waals surface area contributed by atoms with Gasteiger partial charge in [-0.1, -0.05) is 18.2 Å². The van der Waals surface area contributed by atoms with Crippen LogP contribution in [0.3, 0.4) is 0 Å². The highest BCUT2D eigenvalue weighted by Crippen LogP contribution is 2.32. The summed E-state index contributed by atoms with van der Waals surface area (Å²) in [5.74, 6) is 0.258. The first kappa shape index (κ1) is 24.7. The molecule has 1 saturated heterocycles. The van der Waals surface area contributed by atoms with Crippen LogP contribution in [0.4, 0.5) is 18.9 Å². The summed E-state index contributed by atoms with van der Waals surface area (Å²) < 4.78 is 45.9. The molecule has 0 saturated carbocycles. The highest BCUT2D eigenvalue weighted by atomic mass is 19.4.